The van der Waals surface area contributed by atoms with Crippen LogP contribution in [0.1, 0.15) is 5.56 Å². The molecule has 1 N–H and O–H groups in total. The second-order valence-corrected chi connectivity index (χ2v) is 6.39. The topological polar surface area (TPSA) is 64.0 Å². The molecule has 2 rings (SSSR count). The zero-order chi connectivity index (χ0) is 17.3. The Kier molecular flexibility index (Phi) is 4.70. The Labute approximate surface area is 135 Å². The fraction of sp³-hybridized carbons (Fsp3) is 0.154. The summed E-state index contributed by atoms with van der Waals surface area (Å²) in [5.74, 6) is 1.97. The number of halogens is 4. The Bertz CT molecular complexity index is 869. The van der Waals surface area contributed by atoms with Crippen LogP contribution >= 0.6 is 11.6 Å². The third-order valence-electron chi connectivity index (χ3n) is 2.73. The van der Waals surface area contributed by atoms with Crippen LogP contribution in [0.25, 0.3) is 5.82 Å². The van der Waals surface area contributed by atoms with Crippen molar-refractivity contribution >= 4 is 21.6 Å². The summed E-state index contributed by atoms with van der Waals surface area (Å²) in [4.78, 5) is 3.62. The molecule has 0 amide bonds. The lowest BCUT2D eigenvalue weighted by molar-refractivity contribution is -0.137. The van der Waals surface area contributed by atoms with E-state index in [-0.39, 0.29) is 22.4 Å². The average molecular weight is 364 g/mol. The first-order valence-corrected chi connectivity index (χ1v) is 7.86. The molecule has 122 valence electrons. The van der Waals surface area contributed by atoms with Gasteiger partial charge in [-0.2, -0.15) is 17.9 Å². The summed E-state index contributed by atoms with van der Waals surface area (Å²) < 4.78 is 65.3. The number of hydrogen-bond donors (Lipinski definition) is 1. The molecule has 0 radical (unpaired) electrons. The summed E-state index contributed by atoms with van der Waals surface area (Å²) in [6.45, 7) is -0.234. The van der Waals surface area contributed by atoms with Gasteiger partial charge in [-0.1, -0.05) is 17.5 Å². The van der Waals surface area contributed by atoms with Crippen molar-refractivity contribution in [3.63, 3.8) is 0 Å². The molecule has 0 aliphatic rings. The number of rotatable bonds is 4. The van der Waals surface area contributed by atoms with E-state index in [9.17, 15) is 21.6 Å². The molecular weight excluding hydrogens is 355 g/mol. The first kappa shape index (κ1) is 17.3. The van der Waals surface area contributed by atoms with Gasteiger partial charge in [0.05, 0.1) is 17.1 Å². The van der Waals surface area contributed by atoms with Crippen LogP contribution < -0.4 is 4.72 Å². The van der Waals surface area contributed by atoms with Crippen LogP contribution in [-0.4, -0.2) is 24.5 Å². The van der Waals surface area contributed by atoms with Crippen molar-refractivity contribution in [2.75, 3.05) is 6.54 Å². The van der Waals surface area contributed by atoms with Gasteiger partial charge in [-0.15, -0.1) is 6.42 Å². The van der Waals surface area contributed by atoms with Crippen LogP contribution in [0.5, 0.6) is 0 Å². The van der Waals surface area contributed by atoms with E-state index in [1.807, 2.05) is 0 Å². The zero-order valence-corrected chi connectivity index (χ0v) is 12.9. The average Bonchev–Trinajstić information content (AvgIpc) is 2.94. The molecule has 0 spiro atoms. The quantitative estimate of drug-likeness (QED) is 0.849. The Balaban J connectivity index is 2.50. The number of pyridine rings is 1. The maximum atomic E-state index is 12.6. The molecule has 0 aliphatic heterocycles. The standard InChI is InChI=1S/C13H9ClF3N3O2S/c1-2-5-19-23(21,22)11-4-3-6-20(11)12-10(14)7-9(8-18-12)13(15,16)17/h1,3-4,6-8,19H,5H2. The highest BCUT2D eigenvalue weighted by Crippen LogP contribution is 2.32. The third-order valence-corrected chi connectivity index (χ3v) is 4.41. The molecule has 10 heteroatoms. The lowest BCUT2D eigenvalue weighted by atomic mass is 10.3. The van der Waals surface area contributed by atoms with E-state index < -0.39 is 21.8 Å². The molecule has 2 heterocycles. The maximum absolute atomic E-state index is 12.6. The Morgan fingerprint density at radius 2 is 2.13 bits per heavy atom. The van der Waals surface area contributed by atoms with Crippen molar-refractivity contribution in [2.24, 2.45) is 0 Å². The lowest BCUT2D eigenvalue weighted by Crippen LogP contribution is -2.26. The number of sulfonamides is 1. The number of hydrogen-bond acceptors (Lipinski definition) is 3. The summed E-state index contributed by atoms with van der Waals surface area (Å²) in [6.07, 6.45) is 2.28. The number of aromatic nitrogens is 2. The van der Waals surface area contributed by atoms with Gasteiger partial charge in [-0.05, 0) is 18.2 Å². The molecule has 5 nitrogen and oxygen atoms in total. The smallest absolute Gasteiger partial charge is 0.289 e. The largest absolute Gasteiger partial charge is 0.417 e. The molecule has 0 atom stereocenters. The minimum absolute atomic E-state index is 0.147. The molecule has 0 saturated heterocycles. The van der Waals surface area contributed by atoms with Crippen LogP contribution in [0, 0.1) is 12.3 Å². The fourth-order valence-electron chi connectivity index (χ4n) is 1.73. The van der Waals surface area contributed by atoms with E-state index >= 15 is 0 Å². The highest BCUT2D eigenvalue weighted by atomic mass is 35.5. The summed E-state index contributed by atoms with van der Waals surface area (Å²) in [7, 11) is -3.96. The molecule has 0 unspecified atom stereocenters. The second kappa shape index (κ2) is 6.23. The molecule has 0 aromatic carbocycles. The molecule has 23 heavy (non-hydrogen) atoms. The zero-order valence-electron chi connectivity index (χ0n) is 11.3. The normalized spacial score (nSPS) is 12.1. The van der Waals surface area contributed by atoms with Crippen molar-refractivity contribution in [1.29, 1.82) is 0 Å². The fourth-order valence-corrected chi connectivity index (χ4v) is 3.08. The van der Waals surface area contributed by atoms with Crippen molar-refractivity contribution in [1.82, 2.24) is 14.3 Å². The molecule has 2 aromatic heterocycles. The van der Waals surface area contributed by atoms with Gasteiger partial charge in [0.2, 0.25) is 0 Å². The first-order valence-electron chi connectivity index (χ1n) is 6.00. The molecule has 0 fully saturated rings. The van der Waals surface area contributed by atoms with Crippen LogP contribution in [0.3, 0.4) is 0 Å². The van der Waals surface area contributed by atoms with E-state index in [0.29, 0.717) is 12.3 Å². The van der Waals surface area contributed by atoms with E-state index in [4.69, 9.17) is 18.0 Å². The number of nitrogens with one attached hydrogen (secondary N) is 1. The SMILES string of the molecule is C#CCNS(=O)(=O)c1cccn1-c1ncc(C(F)(F)F)cc1Cl. The number of terminal acetylenes is 1. The molecular formula is C13H9ClF3N3O2S. The number of alkyl halides is 3. The van der Waals surface area contributed by atoms with Gasteiger partial charge in [0.15, 0.2) is 10.8 Å². The highest BCUT2D eigenvalue weighted by molar-refractivity contribution is 7.89. The highest BCUT2D eigenvalue weighted by Gasteiger charge is 2.32. The molecule has 0 aliphatic carbocycles. The molecule has 0 bridgehead atoms. The van der Waals surface area contributed by atoms with Crippen molar-refractivity contribution in [2.45, 2.75) is 11.2 Å². The minimum atomic E-state index is -4.60. The van der Waals surface area contributed by atoms with Gasteiger partial charge in [0.1, 0.15) is 0 Å². The van der Waals surface area contributed by atoms with E-state index in [0.717, 1.165) is 4.57 Å². The van der Waals surface area contributed by atoms with Crippen LogP contribution in [0.15, 0.2) is 35.6 Å². The van der Waals surface area contributed by atoms with Crippen LogP contribution in [0.4, 0.5) is 13.2 Å². The molecule has 2 aromatic rings. The van der Waals surface area contributed by atoms with Gasteiger partial charge in [-0.25, -0.2) is 13.4 Å². The predicted molar refractivity (Wildman–Crippen MR) is 77.6 cm³/mol. The summed E-state index contributed by atoms with van der Waals surface area (Å²) in [5, 5.41) is -0.591. The van der Waals surface area contributed by atoms with Crippen molar-refractivity contribution < 1.29 is 21.6 Å². The van der Waals surface area contributed by atoms with Gasteiger partial charge >= 0.3 is 6.18 Å². The summed E-state index contributed by atoms with van der Waals surface area (Å²) in [5.41, 5.74) is -1.03. The third kappa shape index (κ3) is 3.67. The van der Waals surface area contributed by atoms with Gasteiger partial charge < -0.3 is 0 Å². The lowest BCUT2D eigenvalue weighted by Gasteiger charge is -2.12. The van der Waals surface area contributed by atoms with E-state index in [2.05, 4.69) is 15.6 Å². The van der Waals surface area contributed by atoms with Crippen molar-refractivity contribution in [3.8, 4) is 18.2 Å². The Morgan fingerprint density at radius 1 is 1.43 bits per heavy atom. The van der Waals surface area contributed by atoms with E-state index in [1.165, 1.54) is 18.3 Å². The maximum Gasteiger partial charge on any atom is 0.417 e. The van der Waals surface area contributed by atoms with E-state index in [1.54, 1.807) is 0 Å². The Morgan fingerprint density at radius 3 is 2.70 bits per heavy atom. The van der Waals surface area contributed by atoms with Gasteiger partial charge in [-0.3, -0.25) is 4.57 Å². The summed E-state index contributed by atoms with van der Waals surface area (Å²) >= 11 is 5.82. The predicted octanol–water partition coefficient (Wildman–Crippen LogP) is 2.46. The Hall–Kier alpha value is -2.02. The second-order valence-electron chi connectivity index (χ2n) is 4.27. The number of nitrogens with zero attached hydrogens (tertiary/aromatic N) is 2. The van der Waals surface area contributed by atoms with Crippen molar-refractivity contribution in [3.05, 3.63) is 41.2 Å². The monoisotopic (exact) mass is 363 g/mol. The first-order chi connectivity index (χ1) is 10.7. The molecule has 0 saturated carbocycles. The van der Waals surface area contributed by atoms with Gasteiger partial charge in [0, 0.05) is 12.4 Å². The minimum Gasteiger partial charge on any atom is -0.289 e. The van der Waals surface area contributed by atoms with Crippen LogP contribution in [-0.2, 0) is 16.2 Å². The van der Waals surface area contributed by atoms with Crippen LogP contribution in [0.2, 0.25) is 5.02 Å². The summed E-state index contributed by atoms with van der Waals surface area (Å²) in [6, 6.07) is 3.31. The van der Waals surface area contributed by atoms with Gasteiger partial charge in [0.25, 0.3) is 10.0 Å².